The van der Waals surface area contributed by atoms with Crippen LogP contribution in [0.15, 0.2) is 28.2 Å². The molecule has 0 aromatic heterocycles. The van der Waals surface area contributed by atoms with Gasteiger partial charge < -0.3 is 16.2 Å². The highest BCUT2D eigenvalue weighted by Crippen LogP contribution is 2.30. The van der Waals surface area contributed by atoms with Crippen LogP contribution in [-0.2, 0) is 17.7 Å². The quantitative estimate of drug-likeness (QED) is 0.698. The average Bonchev–Trinajstić information content (AvgIpc) is 2.97. The van der Waals surface area contributed by atoms with E-state index in [0.29, 0.717) is 13.2 Å². The van der Waals surface area contributed by atoms with Gasteiger partial charge in [-0.25, -0.2) is 4.99 Å². The Bertz CT molecular complexity index is 675. The number of halogens is 1. The summed E-state index contributed by atoms with van der Waals surface area (Å²) in [4.78, 5) is 13.9. The number of ether oxygens (including phenoxy) is 1. The van der Waals surface area contributed by atoms with Crippen LogP contribution in [-0.4, -0.2) is 35.9 Å². The molecule has 0 amide bonds. The minimum absolute atomic E-state index is 0. The Morgan fingerprint density at radius 2 is 2.00 bits per heavy atom. The highest BCUT2D eigenvalue weighted by atomic mass is 79.9. The van der Waals surface area contributed by atoms with Gasteiger partial charge in [0.15, 0.2) is 5.66 Å². The van der Waals surface area contributed by atoms with Crippen LogP contribution in [0.25, 0.3) is 0 Å². The molecule has 25 heavy (non-hydrogen) atoms. The summed E-state index contributed by atoms with van der Waals surface area (Å²) < 4.78 is 5.93. The smallest absolute Gasteiger partial charge is 0.226 e. The molecule has 1 aliphatic carbocycles. The van der Waals surface area contributed by atoms with E-state index in [1.807, 2.05) is 19.9 Å². The molecule has 3 rings (SSSR count). The molecular formula is C17H26BrN5O2. The summed E-state index contributed by atoms with van der Waals surface area (Å²) in [5.41, 5.74) is 13.6. The maximum atomic E-state index is 5.93. The predicted octanol–water partition coefficient (Wildman–Crippen LogP) is 2.13. The van der Waals surface area contributed by atoms with Crippen molar-refractivity contribution in [1.29, 1.82) is 0 Å². The third-order valence-electron chi connectivity index (χ3n) is 4.19. The molecule has 8 heteroatoms. The Labute approximate surface area is 158 Å². The average molecular weight is 412 g/mol. The first-order chi connectivity index (χ1) is 11.5. The monoisotopic (exact) mass is 411 g/mol. The van der Waals surface area contributed by atoms with Crippen molar-refractivity contribution in [3.05, 3.63) is 29.3 Å². The fourth-order valence-electron chi connectivity index (χ4n) is 3.13. The fourth-order valence-corrected chi connectivity index (χ4v) is 3.13. The Kier molecular flexibility index (Phi) is 6.29. The molecule has 0 saturated carbocycles. The van der Waals surface area contributed by atoms with Crippen molar-refractivity contribution in [2.45, 2.75) is 45.2 Å². The molecule has 7 nitrogen and oxygen atoms in total. The van der Waals surface area contributed by atoms with E-state index in [9.17, 15) is 0 Å². The molecular weight excluding hydrogens is 386 g/mol. The Morgan fingerprint density at radius 1 is 1.20 bits per heavy atom. The zero-order chi connectivity index (χ0) is 17.2. The first kappa shape index (κ1) is 19.5. The Morgan fingerprint density at radius 3 is 2.76 bits per heavy atom. The molecule has 0 unspecified atom stereocenters. The second-order valence-electron chi connectivity index (χ2n) is 6.51. The van der Waals surface area contributed by atoms with Gasteiger partial charge in [0.1, 0.15) is 5.75 Å². The zero-order valence-electron chi connectivity index (χ0n) is 14.7. The van der Waals surface area contributed by atoms with Crippen molar-refractivity contribution in [2.24, 2.45) is 21.5 Å². The molecule has 1 aromatic rings. The summed E-state index contributed by atoms with van der Waals surface area (Å²) in [7, 11) is 0. The fraction of sp³-hybridized carbons (Fsp3) is 0.529. The van der Waals surface area contributed by atoms with Crippen molar-refractivity contribution in [2.75, 3.05) is 13.2 Å². The van der Waals surface area contributed by atoms with Crippen LogP contribution in [0.2, 0.25) is 0 Å². The molecule has 1 heterocycles. The van der Waals surface area contributed by atoms with Gasteiger partial charge in [0.25, 0.3) is 0 Å². The van der Waals surface area contributed by atoms with Gasteiger partial charge >= 0.3 is 0 Å². The van der Waals surface area contributed by atoms with E-state index in [2.05, 4.69) is 22.1 Å². The first-order valence-corrected chi connectivity index (χ1v) is 8.33. The number of hydrogen-bond donors (Lipinski definition) is 2. The molecule has 0 bridgehead atoms. The van der Waals surface area contributed by atoms with E-state index < -0.39 is 5.66 Å². The van der Waals surface area contributed by atoms with Crippen LogP contribution in [0.3, 0.4) is 0 Å². The maximum Gasteiger partial charge on any atom is 0.226 e. The van der Waals surface area contributed by atoms with Gasteiger partial charge in [0.05, 0.1) is 13.2 Å². The third-order valence-corrected chi connectivity index (χ3v) is 4.19. The number of nitrogens with two attached hydrogens (primary N) is 2. The van der Waals surface area contributed by atoms with E-state index >= 15 is 0 Å². The minimum Gasteiger partial charge on any atom is -0.493 e. The van der Waals surface area contributed by atoms with Crippen molar-refractivity contribution in [1.82, 2.24) is 5.06 Å². The second-order valence-corrected chi connectivity index (χ2v) is 6.51. The maximum absolute atomic E-state index is 5.93. The lowest BCUT2D eigenvalue weighted by atomic mass is 10.1. The molecule has 1 aliphatic heterocycles. The first-order valence-electron chi connectivity index (χ1n) is 8.33. The summed E-state index contributed by atoms with van der Waals surface area (Å²) in [6.45, 7) is 4.79. The van der Waals surface area contributed by atoms with Crippen LogP contribution in [0.1, 0.15) is 37.8 Å². The molecule has 4 N–H and O–H groups in total. The van der Waals surface area contributed by atoms with E-state index in [0.717, 1.165) is 25.0 Å². The van der Waals surface area contributed by atoms with E-state index in [4.69, 9.17) is 21.0 Å². The lowest BCUT2D eigenvalue weighted by molar-refractivity contribution is -0.158. The van der Waals surface area contributed by atoms with Crippen LogP contribution >= 0.6 is 17.0 Å². The molecule has 138 valence electrons. The minimum atomic E-state index is -0.670. The van der Waals surface area contributed by atoms with Gasteiger partial charge in [-0.1, -0.05) is 12.1 Å². The SMILES string of the molecule is Br.CC1(C)N=C(N)N=C(N)N1OCCCOc1cccc2c1CCC2. The lowest BCUT2D eigenvalue weighted by Crippen LogP contribution is -2.53. The summed E-state index contributed by atoms with van der Waals surface area (Å²) in [5, 5.41) is 1.49. The number of hydrogen-bond acceptors (Lipinski definition) is 7. The summed E-state index contributed by atoms with van der Waals surface area (Å²) in [6.07, 6.45) is 4.21. The number of hydroxylamine groups is 2. The van der Waals surface area contributed by atoms with E-state index in [-0.39, 0.29) is 28.9 Å². The number of nitrogens with zero attached hydrogens (tertiary/aromatic N) is 3. The van der Waals surface area contributed by atoms with Crippen LogP contribution in [0.5, 0.6) is 5.75 Å². The van der Waals surface area contributed by atoms with Crippen molar-refractivity contribution in [3.8, 4) is 5.75 Å². The van der Waals surface area contributed by atoms with Gasteiger partial charge in [-0.2, -0.15) is 10.1 Å². The van der Waals surface area contributed by atoms with Gasteiger partial charge in [0.2, 0.25) is 11.9 Å². The molecule has 0 atom stereocenters. The lowest BCUT2D eigenvalue weighted by Gasteiger charge is -2.36. The molecule has 1 aromatic carbocycles. The van der Waals surface area contributed by atoms with Crippen molar-refractivity contribution < 1.29 is 9.57 Å². The Balaban J connectivity index is 0.00000225. The number of benzene rings is 1. The van der Waals surface area contributed by atoms with Crippen LogP contribution in [0.4, 0.5) is 0 Å². The van der Waals surface area contributed by atoms with Crippen LogP contribution in [0, 0.1) is 0 Å². The molecule has 0 radical (unpaired) electrons. The van der Waals surface area contributed by atoms with Gasteiger partial charge in [0, 0.05) is 6.42 Å². The number of rotatable bonds is 6. The van der Waals surface area contributed by atoms with Crippen LogP contribution < -0.4 is 16.2 Å². The van der Waals surface area contributed by atoms with E-state index in [1.165, 1.54) is 22.6 Å². The van der Waals surface area contributed by atoms with Gasteiger partial charge in [-0.15, -0.1) is 17.0 Å². The van der Waals surface area contributed by atoms with Crippen molar-refractivity contribution in [3.63, 3.8) is 0 Å². The summed E-state index contributed by atoms with van der Waals surface area (Å²) in [5.74, 6) is 1.38. The normalized spacial score (nSPS) is 18.1. The van der Waals surface area contributed by atoms with Crippen molar-refractivity contribution >= 4 is 28.9 Å². The van der Waals surface area contributed by atoms with E-state index in [1.54, 1.807) is 0 Å². The topological polar surface area (TPSA) is 98.5 Å². The standard InChI is InChI=1S/C17H25N5O2.BrH/c1-17(2)21-15(18)20-16(19)22(17)24-11-5-10-23-14-9-4-7-12-6-3-8-13(12)14;/h4,7,9H,3,5-6,8,10-11H2,1-2H3,(H4,18,19,20,21);1H. The molecule has 0 saturated heterocycles. The second kappa shape index (κ2) is 8.05. The molecule has 0 fully saturated rings. The predicted molar refractivity (Wildman–Crippen MR) is 104 cm³/mol. The zero-order valence-corrected chi connectivity index (χ0v) is 16.4. The van der Waals surface area contributed by atoms with Gasteiger partial charge in [-0.05, 0) is 50.3 Å². The summed E-state index contributed by atoms with van der Waals surface area (Å²) >= 11 is 0. The number of aryl methyl sites for hydroxylation is 1. The largest absolute Gasteiger partial charge is 0.493 e. The molecule has 0 spiro atoms. The van der Waals surface area contributed by atoms with Gasteiger partial charge in [-0.3, -0.25) is 4.84 Å². The number of aliphatic imine (C=N–C) groups is 2. The highest BCUT2D eigenvalue weighted by molar-refractivity contribution is 8.93. The Hall–Kier alpha value is -1.80. The number of fused-ring (bicyclic) bond motifs is 1. The molecule has 2 aliphatic rings. The highest BCUT2D eigenvalue weighted by Gasteiger charge is 2.32. The summed E-state index contributed by atoms with van der Waals surface area (Å²) in [6, 6.07) is 6.29. The third kappa shape index (κ3) is 4.43. The number of guanidine groups is 2.